The summed E-state index contributed by atoms with van der Waals surface area (Å²) in [6.45, 7) is 9.26. The van der Waals surface area contributed by atoms with Crippen LogP contribution in [0.2, 0.25) is 0 Å². The van der Waals surface area contributed by atoms with Crippen molar-refractivity contribution in [2.24, 2.45) is 4.99 Å². The summed E-state index contributed by atoms with van der Waals surface area (Å²) >= 11 is 0. The molecular weight excluding hydrogens is 382 g/mol. The molecule has 2 aliphatic heterocycles. The maximum atomic E-state index is 12.5. The van der Waals surface area contributed by atoms with E-state index in [0.29, 0.717) is 31.3 Å². The number of allylic oxidation sites excluding steroid dienone is 2. The second-order valence-corrected chi connectivity index (χ2v) is 7.27. The van der Waals surface area contributed by atoms with Crippen molar-refractivity contribution in [2.45, 2.75) is 31.9 Å². The highest BCUT2D eigenvalue weighted by atomic mass is 16.5. The van der Waals surface area contributed by atoms with Crippen LogP contribution in [0.25, 0.3) is 11.3 Å². The van der Waals surface area contributed by atoms with Gasteiger partial charge in [-0.3, -0.25) is 9.56 Å². The van der Waals surface area contributed by atoms with Crippen molar-refractivity contribution in [1.82, 2.24) is 9.55 Å². The number of aryl methyl sites for hydroxylation is 1. The number of hydrogen-bond donors (Lipinski definition) is 0. The quantitative estimate of drug-likeness (QED) is 0.496. The minimum atomic E-state index is -0.294. The van der Waals surface area contributed by atoms with Gasteiger partial charge in [-0.25, -0.2) is 4.79 Å². The van der Waals surface area contributed by atoms with E-state index < -0.39 is 0 Å². The number of nitrogens with zero attached hydrogens (tertiary/aromatic N) is 3. The van der Waals surface area contributed by atoms with Gasteiger partial charge in [0.15, 0.2) is 0 Å². The topological polar surface area (TPSA) is 74.9 Å². The molecule has 2 aliphatic rings. The SMILES string of the molecule is C=C/C=C(/COc1ccc2c(c1)CCn1c-2cc(OCC2CCCO2)nc1=O)N=C. The molecule has 7 nitrogen and oxygen atoms in total. The van der Waals surface area contributed by atoms with Gasteiger partial charge in [-0.2, -0.15) is 4.98 Å². The third-order valence-electron chi connectivity index (χ3n) is 5.29. The first kappa shape index (κ1) is 20.1. The number of rotatable bonds is 8. The summed E-state index contributed by atoms with van der Waals surface area (Å²) in [6, 6.07) is 7.70. The molecule has 0 spiro atoms. The van der Waals surface area contributed by atoms with Crippen LogP contribution in [0, 0.1) is 0 Å². The summed E-state index contributed by atoms with van der Waals surface area (Å²) in [5.74, 6) is 1.08. The number of aliphatic imine (C=N–C) groups is 1. The smallest absolute Gasteiger partial charge is 0.351 e. The molecule has 1 unspecified atom stereocenters. The van der Waals surface area contributed by atoms with Crippen LogP contribution >= 0.6 is 0 Å². The molecule has 0 aliphatic carbocycles. The molecule has 1 saturated heterocycles. The number of benzene rings is 1. The molecule has 0 saturated carbocycles. The van der Waals surface area contributed by atoms with Crippen LogP contribution in [0.4, 0.5) is 0 Å². The van der Waals surface area contributed by atoms with E-state index in [9.17, 15) is 4.79 Å². The molecule has 1 atom stereocenters. The molecule has 0 N–H and O–H groups in total. The third-order valence-corrected chi connectivity index (χ3v) is 5.29. The van der Waals surface area contributed by atoms with E-state index in [1.807, 2.05) is 24.3 Å². The molecule has 2 aromatic rings. The van der Waals surface area contributed by atoms with E-state index in [-0.39, 0.29) is 11.8 Å². The minimum absolute atomic E-state index is 0.0719. The number of ether oxygens (including phenoxy) is 3. The molecule has 1 aromatic carbocycles. The number of aromatic nitrogens is 2. The van der Waals surface area contributed by atoms with Crippen LogP contribution in [0.1, 0.15) is 18.4 Å². The second kappa shape index (κ2) is 9.09. The van der Waals surface area contributed by atoms with Crippen LogP contribution < -0.4 is 15.2 Å². The number of fused-ring (bicyclic) bond motifs is 3. The van der Waals surface area contributed by atoms with E-state index >= 15 is 0 Å². The first-order valence-corrected chi connectivity index (χ1v) is 10.1. The molecule has 0 radical (unpaired) electrons. The van der Waals surface area contributed by atoms with Gasteiger partial charge in [0, 0.05) is 24.8 Å². The summed E-state index contributed by atoms with van der Waals surface area (Å²) in [6.07, 6.45) is 6.23. The Bertz CT molecular complexity index is 1040. The van der Waals surface area contributed by atoms with Crippen LogP contribution in [0.3, 0.4) is 0 Å². The van der Waals surface area contributed by atoms with Crippen LogP contribution in [0.15, 0.2) is 58.5 Å². The summed E-state index contributed by atoms with van der Waals surface area (Å²) < 4.78 is 18.9. The van der Waals surface area contributed by atoms with Crippen LogP contribution in [0.5, 0.6) is 11.6 Å². The lowest BCUT2D eigenvalue weighted by atomic mass is 9.97. The number of hydrogen-bond acceptors (Lipinski definition) is 6. The Balaban J connectivity index is 1.54. The lowest BCUT2D eigenvalue weighted by Gasteiger charge is -2.22. The van der Waals surface area contributed by atoms with Crippen molar-refractivity contribution in [3.63, 3.8) is 0 Å². The predicted molar refractivity (Wildman–Crippen MR) is 115 cm³/mol. The lowest BCUT2D eigenvalue weighted by molar-refractivity contribution is 0.0661. The van der Waals surface area contributed by atoms with Crippen molar-refractivity contribution in [3.05, 3.63) is 64.7 Å². The highest BCUT2D eigenvalue weighted by molar-refractivity contribution is 5.67. The van der Waals surface area contributed by atoms with E-state index in [4.69, 9.17) is 14.2 Å². The molecule has 1 aromatic heterocycles. The zero-order valence-corrected chi connectivity index (χ0v) is 16.9. The Morgan fingerprint density at radius 3 is 3.03 bits per heavy atom. The molecule has 156 valence electrons. The van der Waals surface area contributed by atoms with Crippen LogP contribution in [-0.4, -0.2) is 42.2 Å². The van der Waals surface area contributed by atoms with E-state index in [2.05, 4.69) is 23.3 Å². The van der Waals surface area contributed by atoms with Gasteiger partial charge in [-0.1, -0.05) is 12.7 Å². The zero-order valence-electron chi connectivity index (χ0n) is 16.9. The highest BCUT2D eigenvalue weighted by Gasteiger charge is 2.21. The average Bonchev–Trinajstić information content (AvgIpc) is 3.28. The van der Waals surface area contributed by atoms with Gasteiger partial charge in [-0.05, 0) is 55.8 Å². The molecular formula is C23H25N3O4. The Morgan fingerprint density at radius 2 is 2.27 bits per heavy atom. The zero-order chi connectivity index (χ0) is 20.9. The molecule has 30 heavy (non-hydrogen) atoms. The van der Waals surface area contributed by atoms with Crippen molar-refractivity contribution >= 4 is 6.72 Å². The largest absolute Gasteiger partial charge is 0.487 e. The van der Waals surface area contributed by atoms with E-state index in [0.717, 1.165) is 48.4 Å². The van der Waals surface area contributed by atoms with Gasteiger partial charge >= 0.3 is 5.69 Å². The fourth-order valence-corrected chi connectivity index (χ4v) is 3.74. The fourth-order valence-electron chi connectivity index (χ4n) is 3.74. The van der Waals surface area contributed by atoms with Crippen molar-refractivity contribution in [1.29, 1.82) is 0 Å². The Kier molecular flexibility index (Phi) is 6.09. The average molecular weight is 407 g/mol. The lowest BCUT2D eigenvalue weighted by Crippen LogP contribution is -2.29. The van der Waals surface area contributed by atoms with Crippen molar-refractivity contribution in [3.8, 4) is 22.9 Å². The molecule has 1 fully saturated rings. The predicted octanol–water partition coefficient (Wildman–Crippen LogP) is 3.17. The highest BCUT2D eigenvalue weighted by Crippen LogP contribution is 2.32. The van der Waals surface area contributed by atoms with Gasteiger partial charge in [-0.15, -0.1) is 0 Å². The fraction of sp³-hybridized carbons (Fsp3) is 0.348. The van der Waals surface area contributed by atoms with Gasteiger partial charge in [0.1, 0.15) is 19.0 Å². The molecule has 0 amide bonds. The maximum Gasteiger partial charge on any atom is 0.351 e. The normalized spacial score (nSPS) is 17.7. The maximum absolute atomic E-state index is 12.5. The second-order valence-electron chi connectivity index (χ2n) is 7.27. The van der Waals surface area contributed by atoms with Crippen molar-refractivity contribution < 1.29 is 14.2 Å². The Hall–Kier alpha value is -3.19. The molecule has 0 bridgehead atoms. The van der Waals surface area contributed by atoms with E-state index in [1.165, 1.54) is 0 Å². The Morgan fingerprint density at radius 1 is 1.37 bits per heavy atom. The first-order chi connectivity index (χ1) is 14.7. The van der Waals surface area contributed by atoms with E-state index in [1.54, 1.807) is 16.7 Å². The molecule has 3 heterocycles. The monoisotopic (exact) mass is 407 g/mol. The standard InChI is InChI=1S/C23H25N3O4/c1-3-5-17(24-2)14-29-18-7-8-20-16(12-18)9-10-26-21(20)13-22(25-23(26)27)30-15-19-6-4-11-28-19/h3,5,7-8,12-13,19H,1-2,4,6,9-11,14-15H2/b17-5-. The summed E-state index contributed by atoms with van der Waals surface area (Å²) in [5.41, 5.74) is 3.32. The summed E-state index contributed by atoms with van der Waals surface area (Å²) in [7, 11) is 0. The summed E-state index contributed by atoms with van der Waals surface area (Å²) in [5, 5.41) is 0. The van der Waals surface area contributed by atoms with Gasteiger partial charge in [0.25, 0.3) is 0 Å². The van der Waals surface area contributed by atoms with Gasteiger partial charge in [0.05, 0.1) is 17.5 Å². The minimum Gasteiger partial charge on any atom is -0.487 e. The van der Waals surface area contributed by atoms with Gasteiger partial charge in [0.2, 0.25) is 5.88 Å². The Labute approximate surface area is 175 Å². The molecule has 4 rings (SSSR count). The molecule has 7 heteroatoms. The van der Waals surface area contributed by atoms with Gasteiger partial charge < -0.3 is 14.2 Å². The first-order valence-electron chi connectivity index (χ1n) is 10.1. The van der Waals surface area contributed by atoms with Crippen molar-refractivity contribution in [2.75, 3.05) is 19.8 Å². The third kappa shape index (κ3) is 4.36. The summed E-state index contributed by atoms with van der Waals surface area (Å²) in [4.78, 5) is 20.5. The van der Waals surface area contributed by atoms with Crippen LogP contribution in [-0.2, 0) is 17.7 Å².